The van der Waals surface area contributed by atoms with Gasteiger partial charge in [0, 0.05) is 51.2 Å². The van der Waals surface area contributed by atoms with E-state index in [0.717, 1.165) is 32.0 Å². The SMILES string of the molecule is CNc1cc(N2CCNCC2)ccn1. The lowest BCUT2D eigenvalue weighted by molar-refractivity contribution is 0.589. The number of piperazine rings is 1. The second-order valence-corrected chi connectivity index (χ2v) is 3.39. The van der Waals surface area contributed by atoms with Crippen molar-refractivity contribution in [2.24, 2.45) is 0 Å². The van der Waals surface area contributed by atoms with Gasteiger partial charge in [-0.25, -0.2) is 4.98 Å². The number of hydrogen-bond acceptors (Lipinski definition) is 4. The fraction of sp³-hybridized carbons (Fsp3) is 0.500. The third kappa shape index (κ3) is 1.96. The molecule has 0 radical (unpaired) electrons. The average Bonchev–Trinajstić information content (AvgIpc) is 2.30. The Bertz CT molecular complexity index is 294. The van der Waals surface area contributed by atoms with Crippen LogP contribution in [0, 0.1) is 0 Å². The van der Waals surface area contributed by atoms with Gasteiger partial charge in [0.2, 0.25) is 0 Å². The van der Waals surface area contributed by atoms with Crippen molar-refractivity contribution in [3.05, 3.63) is 18.3 Å². The van der Waals surface area contributed by atoms with Gasteiger partial charge in [0.15, 0.2) is 0 Å². The summed E-state index contributed by atoms with van der Waals surface area (Å²) in [6, 6.07) is 4.15. The van der Waals surface area contributed by atoms with Gasteiger partial charge in [-0.05, 0) is 6.07 Å². The van der Waals surface area contributed by atoms with Crippen molar-refractivity contribution in [3.8, 4) is 0 Å². The van der Waals surface area contributed by atoms with Gasteiger partial charge < -0.3 is 15.5 Å². The molecule has 76 valence electrons. The van der Waals surface area contributed by atoms with E-state index >= 15 is 0 Å². The number of rotatable bonds is 2. The maximum absolute atomic E-state index is 4.20. The van der Waals surface area contributed by atoms with Crippen LogP contribution in [0.25, 0.3) is 0 Å². The molecule has 1 aliphatic heterocycles. The molecule has 1 saturated heterocycles. The van der Waals surface area contributed by atoms with Crippen molar-refractivity contribution in [2.75, 3.05) is 43.4 Å². The molecule has 2 heterocycles. The molecule has 0 aromatic carbocycles. The van der Waals surface area contributed by atoms with Crippen LogP contribution in [0.4, 0.5) is 11.5 Å². The zero-order valence-electron chi connectivity index (χ0n) is 8.45. The van der Waals surface area contributed by atoms with Gasteiger partial charge in [-0.3, -0.25) is 0 Å². The first-order valence-electron chi connectivity index (χ1n) is 4.99. The van der Waals surface area contributed by atoms with E-state index in [1.54, 1.807) is 0 Å². The van der Waals surface area contributed by atoms with E-state index in [1.807, 2.05) is 13.2 Å². The van der Waals surface area contributed by atoms with E-state index in [-0.39, 0.29) is 0 Å². The van der Waals surface area contributed by atoms with Gasteiger partial charge >= 0.3 is 0 Å². The Labute approximate surface area is 84.3 Å². The molecular formula is C10H16N4. The first kappa shape index (κ1) is 9.27. The normalized spacial score (nSPS) is 16.8. The van der Waals surface area contributed by atoms with Crippen molar-refractivity contribution in [2.45, 2.75) is 0 Å². The summed E-state index contributed by atoms with van der Waals surface area (Å²) in [6.45, 7) is 4.29. The molecule has 1 fully saturated rings. The summed E-state index contributed by atoms with van der Waals surface area (Å²) in [5.74, 6) is 0.932. The van der Waals surface area contributed by atoms with Crippen molar-refractivity contribution >= 4 is 11.5 Å². The van der Waals surface area contributed by atoms with Crippen LogP contribution in [0.2, 0.25) is 0 Å². The van der Waals surface area contributed by atoms with Gasteiger partial charge in [-0.15, -0.1) is 0 Å². The third-order valence-corrected chi connectivity index (χ3v) is 2.48. The minimum absolute atomic E-state index is 0.932. The maximum Gasteiger partial charge on any atom is 0.127 e. The van der Waals surface area contributed by atoms with Crippen molar-refractivity contribution in [1.82, 2.24) is 10.3 Å². The van der Waals surface area contributed by atoms with Gasteiger partial charge in [-0.2, -0.15) is 0 Å². The lowest BCUT2D eigenvalue weighted by Crippen LogP contribution is -2.43. The Morgan fingerprint density at radius 3 is 2.93 bits per heavy atom. The van der Waals surface area contributed by atoms with Crippen LogP contribution >= 0.6 is 0 Å². The molecular weight excluding hydrogens is 176 g/mol. The Balaban J connectivity index is 2.13. The van der Waals surface area contributed by atoms with E-state index in [1.165, 1.54) is 5.69 Å². The molecule has 0 aliphatic carbocycles. The summed E-state index contributed by atoms with van der Waals surface area (Å²) >= 11 is 0. The molecule has 0 spiro atoms. The predicted molar refractivity (Wildman–Crippen MR) is 58.9 cm³/mol. The Kier molecular flexibility index (Phi) is 2.84. The topological polar surface area (TPSA) is 40.2 Å². The molecule has 0 amide bonds. The number of nitrogens with zero attached hydrogens (tertiary/aromatic N) is 2. The second kappa shape index (κ2) is 4.28. The Morgan fingerprint density at radius 1 is 1.43 bits per heavy atom. The van der Waals surface area contributed by atoms with E-state index < -0.39 is 0 Å². The van der Waals surface area contributed by atoms with Crippen LogP contribution < -0.4 is 15.5 Å². The average molecular weight is 192 g/mol. The Morgan fingerprint density at radius 2 is 2.21 bits per heavy atom. The van der Waals surface area contributed by atoms with Gasteiger partial charge in [-0.1, -0.05) is 0 Å². The summed E-state index contributed by atoms with van der Waals surface area (Å²) < 4.78 is 0. The summed E-state index contributed by atoms with van der Waals surface area (Å²) in [4.78, 5) is 6.57. The number of anilines is 2. The van der Waals surface area contributed by atoms with Gasteiger partial charge in [0.05, 0.1) is 0 Å². The van der Waals surface area contributed by atoms with Crippen molar-refractivity contribution < 1.29 is 0 Å². The lowest BCUT2D eigenvalue weighted by Gasteiger charge is -2.29. The van der Waals surface area contributed by atoms with Crippen LogP contribution in [0.3, 0.4) is 0 Å². The second-order valence-electron chi connectivity index (χ2n) is 3.39. The number of nitrogens with one attached hydrogen (secondary N) is 2. The zero-order chi connectivity index (χ0) is 9.80. The largest absolute Gasteiger partial charge is 0.373 e. The molecule has 2 N–H and O–H groups in total. The quantitative estimate of drug-likeness (QED) is 0.717. The fourth-order valence-corrected chi connectivity index (χ4v) is 1.68. The fourth-order valence-electron chi connectivity index (χ4n) is 1.68. The first-order valence-corrected chi connectivity index (χ1v) is 4.99. The summed E-state index contributed by atoms with van der Waals surface area (Å²) in [5.41, 5.74) is 1.26. The summed E-state index contributed by atoms with van der Waals surface area (Å²) in [5, 5.41) is 6.39. The van der Waals surface area contributed by atoms with Crippen molar-refractivity contribution in [1.29, 1.82) is 0 Å². The van der Waals surface area contributed by atoms with E-state index in [4.69, 9.17) is 0 Å². The van der Waals surface area contributed by atoms with Crippen LogP contribution in [-0.2, 0) is 0 Å². The number of aromatic nitrogens is 1. The minimum atomic E-state index is 0.932. The third-order valence-electron chi connectivity index (χ3n) is 2.48. The highest BCUT2D eigenvalue weighted by molar-refractivity contribution is 5.53. The highest BCUT2D eigenvalue weighted by Gasteiger charge is 2.10. The van der Waals surface area contributed by atoms with E-state index in [2.05, 4.69) is 32.7 Å². The molecule has 1 aliphatic rings. The van der Waals surface area contributed by atoms with Crippen LogP contribution in [0.1, 0.15) is 0 Å². The molecule has 0 saturated carbocycles. The lowest BCUT2D eigenvalue weighted by atomic mass is 10.3. The molecule has 0 unspecified atom stereocenters. The van der Waals surface area contributed by atoms with Gasteiger partial charge in [0.1, 0.15) is 5.82 Å². The molecule has 0 atom stereocenters. The van der Waals surface area contributed by atoms with Crippen molar-refractivity contribution in [3.63, 3.8) is 0 Å². The maximum atomic E-state index is 4.20. The molecule has 14 heavy (non-hydrogen) atoms. The molecule has 4 nitrogen and oxygen atoms in total. The molecule has 0 bridgehead atoms. The minimum Gasteiger partial charge on any atom is -0.373 e. The first-order chi connectivity index (χ1) is 6.90. The van der Waals surface area contributed by atoms with Crippen LogP contribution in [0.5, 0.6) is 0 Å². The summed E-state index contributed by atoms with van der Waals surface area (Å²) in [6.07, 6.45) is 1.85. The molecule has 1 aromatic rings. The Hall–Kier alpha value is -1.29. The van der Waals surface area contributed by atoms with E-state index in [0.29, 0.717) is 0 Å². The number of pyridine rings is 1. The highest BCUT2D eigenvalue weighted by Crippen LogP contribution is 2.16. The number of hydrogen-bond donors (Lipinski definition) is 2. The molecule has 4 heteroatoms. The van der Waals surface area contributed by atoms with E-state index in [9.17, 15) is 0 Å². The monoisotopic (exact) mass is 192 g/mol. The molecule has 2 rings (SSSR count). The standard InChI is InChI=1S/C10H16N4/c1-11-10-8-9(2-3-13-10)14-6-4-12-5-7-14/h2-3,8,12H,4-7H2,1H3,(H,11,13). The van der Waals surface area contributed by atoms with Crippen LogP contribution in [-0.4, -0.2) is 38.2 Å². The van der Waals surface area contributed by atoms with Gasteiger partial charge in [0.25, 0.3) is 0 Å². The summed E-state index contributed by atoms with van der Waals surface area (Å²) in [7, 11) is 1.89. The highest BCUT2D eigenvalue weighted by atomic mass is 15.2. The predicted octanol–water partition coefficient (Wildman–Crippen LogP) is 0.533. The smallest absolute Gasteiger partial charge is 0.127 e. The molecule has 1 aromatic heterocycles. The van der Waals surface area contributed by atoms with Crippen LogP contribution in [0.15, 0.2) is 18.3 Å². The zero-order valence-corrected chi connectivity index (χ0v) is 8.45.